The average molecular weight is 703 g/mol. The standard InChI is InChI=1S/C51H34N4/c1-51(2)40-24-12-10-21-36(40)47-49(51)52-48(38-23-14-26-42-46(38)37-22-11-13-25-41(37)54(42)34-18-4-3-5-19-34)50(53-47)55-43-28-27-31-15-8-9-20-35(31)45(43)39-29-32-16-6-7-17-33(32)30-44(39)55/h3-30H,1-2H3. The molecular weight excluding hydrogens is 669 g/mol. The normalized spacial score (nSPS) is 13.4. The molecule has 0 saturated heterocycles. The Morgan fingerprint density at radius 2 is 1.07 bits per heavy atom. The minimum absolute atomic E-state index is 0.328. The van der Waals surface area contributed by atoms with E-state index in [4.69, 9.17) is 9.97 Å². The zero-order chi connectivity index (χ0) is 36.4. The Hall–Kier alpha value is -7.04. The van der Waals surface area contributed by atoms with E-state index >= 15 is 0 Å². The van der Waals surface area contributed by atoms with Gasteiger partial charge in [-0.15, -0.1) is 0 Å². The van der Waals surface area contributed by atoms with Crippen LogP contribution in [0.25, 0.3) is 99.2 Å². The van der Waals surface area contributed by atoms with Crippen molar-refractivity contribution in [3.8, 4) is 34.0 Å². The summed E-state index contributed by atoms with van der Waals surface area (Å²) < 4.78 is 4.78. The van der Waals surface area contributed by atoms with E-state index in [1.807, 2.05) is 0 Å². The summed E-state index contributed by atoms with van der Waals surface area (Å²) >= 11 is 0. The Kier molecular flexibility index (Phi) is 6.09. The number of para-hydroxylation sites is 2. The minimum atomic E-state index is -0.328. The zero-order valence-electron chi connectivity index (χ0n) is 30.5. The molecule has 55 heavy (non-hydrogen) atoms. The van der Waals surface area contributed by atoms with E-state index in [-0.39, 0.29) is 5.41 Å². The van der Waals surface area contributed by atoms with Crippen LogP contribution < -0.4 is 0 Å². The van der Waals surface area contributed by atoms with Crippen LogP contribution in [0.1, 0.15) is 25.1 Å². The van der Waals surface area contributed by atoms with Crippen LogP contribution in [0.2, 0.25) is 0 Å². The predicted octanol–water partition coefficient (Wildman–Crippen LogP) is 13.0. The lowest BCUT2D eigenvalue weighted by molar-refractivity contribution is 0.635. The summed E-state index contributed by atoms with van der Waals surface area (Å²) in [4.78, 5) is 11.6. The molecule has 0 fully saturated rings. The molecule has 258 valence electrons. The zero-order valence-corrected chi connectivity index (χ0v) is 30.5. The molecule has 0 radical (unpaired) electrons. The van der Waals surface area contributed by atoms with Crippen molar-refractivity contribution in [3.05, 3.63) is 181 Å². The van der Waals surface area contributed by atoms with E-state index < -0.39 is 0 Å². The summed E-state index contributed by atoms with van der Waals surface area (Å²) in [6.07, 6.45) is 0. The predicted molar refractivity (Wildman–Crippen MR) is 229 cm³/mol. The summed E-state index contributed by atoms with van der Waals surface area (Å²) in [5.41, 5.74) is 11.6. The molecule has 1 aliphatic carbocycles. The lowest BCUT2D eigenvalue weighted by atomic mass is 9.85. The van der Waals surface area contributed by atoms with Gasteiger partial charge in [0.1, 0.15) is 5.69 Å². The highest BCUT2D eigenvalue weighted by Crippen LogP contribution is 2.50. The van der Waals surface area contributed by atoms with Crippen molar-refractivity contribution in [1.29, 1.82) is 0 Å². The fraction of sp³-hybridized carbons (Fsp3) is 0.0588. The van der Waals surface area contributed by atoms with Gasteiger partial charge in [0.15, 0.2) is 5.82 Å². The van der Waals surface area contributed by atoms with E-state index in [0.29, 0.717) is 0 Å². The smallest absolute Gasteiger partial charge is 0.165 e. The number of rotatable bonds is 3. The van der Waals surface area contributed by atoms with E-state index in [2.05, 4.69) is 193 Å². The second-order valence-electron chi connectivity index (χ2n) is 15.4. The third-order valence-electron chi connectivity index (χ3n) is 12.0. The van der Waals surface area contributed by atoms with Crippen molar-refractivity contribution in [1.82, 2.24) is 19.1 Å². The molecule has 0 spiro atoms. The molecule has 0 saturated carbocycles. The number of fused-ring (bicyclic) bond motifs is 12. The second-order valence-corrected chi connectivity index (χ2v) is 15.4. The van der Waals surface area contributed by atoms with E-state index in [1.165, 1.54) is 48.7 Å². The SMILES string of the molecule is CC1(C)c2ccccc2-c2nc(-n3c4cc5ccccc5cc4c4c5ccccc5ccc43)c(-c3cccc4c3c3ccccc3n4-c3ccccc3)nc21. The Balaban J connectivity index is 1.28. The topological polar surface area (TPSA) is 35.6 Å². The first kappa shape index (κ1) is 30.4. The van der Waals surface area contributed by atoms with Crippen LogP contribution in [0.4, 0.5) is 0 Å². The van der Waals surface area contributed by atoms with Crippen molar-refractivity contribution >= 4 is 65.2 Å². The van der Waals surface area contributed by atoms with Gasteiger partial charge in [0.05, 0.1) is 33.5 Å². The fourth-order valence-corrected chi connectivity index (χ4v) is 9.52. The van der Waals surface area contributed by atoms with Crippen LogP contribution in [0.3, 0.4) is 0 Å². The van der Waals surface area contributed by atoms with E-state index in [0.717, 1.165) is 61.8 Å². The largest absolute Gasteiger partial charge is 0.309 e. The molecule has 0 unspecified atom stereocenters. The third kappa shape index (κ3) is 4.11. The number of hydrogen-bond acceptors (Lipinski definition) is 2. The van der Waals surface area contributed by atoms with Gasteiger partial charge in [-0.05, 0) is 69.6 Å². The van der Waals surface area contributed by atoms with Crippen LogP contribution in [0.5, 0.6) is 0 Å². The monoisotopic (exact) mass is 702 g/mol. The maximum Gasteiger partial charge on any atom is 0.165 e. The number of hydrogen-bond donors (Lipinski definition) is 0. The van der Waals surface area contributed by atoms with E-state index in [1.54, 1.807) is 0 Å². The van der Waals surface area contributed by atoms with Gasteiger partial charge >= 0.3 is 0 Å². The third-order valence-corrected chi connectivity index (χ3v) is 12.0. The molecule has 12 rings (SSSR count). The molecule has 0 aliphatic heterocycles. The summed E-state index contributed by atoms with van der Waals surface area (Å²) in [7, 11) is 0. The van der Waals surface area contributed by atoms with Gasteiger partial charge in [0, 0.05) is 43.8 Å². The highest BCUT2D eigenvalue weighted by atomic mass is 15.1. The van der Waals surface area contributed by atoms with Crippen LogP contribution in [-0.2, 0) is 5.41 Å². The Labute approximate surface area is 317 Å². The highest BCUT2D eigenvalue weighted by molar-refractivity contribution is 6.24. The van der Waals surface area contributed by atoms with Gasteiger partial charge in [0.25, 0.3) is 0 Å². The fourth-order valence-electron chi connectivity index (χ4n) is 9.52. The molecule has 3 aromatic heterocycles. The van der Waals surface area contributed by atoms with Crippen LogP contribution in [0.15, 0.2) is 170 Å². The summed E-state index contributed by atoms with van der Waals surface area (Å²) in [6.45, 7) is 4.58. The number of benzene rings is 8. The maximum absolute atomic E-state index is 5.83. The first-order chi connectivity index (χ1) is 27.1. The lowest BCUT2D eigenvalue weighted by Gasteiger charge is -2.22. The number of aromatic nitrogens is 4. The summed E-state index contributed by atoms with van der Waals surface area (Å²) in [5.74, 6) is 0.834. The number of nitrogens with zero attached hydrogens (tertiary/aromatic N) is 4. The van der Waals surface area contributed by atoms with E-state index in [9.17, 15) is 0 Å². The lowest BCUT2D eigenvalue weighted by Crippen LogP contribution is -2.18. The van der Waals surface area contributed by atoms with Crippen molar-refractivity contribution in [2.75, 3.05) is 0 Å². The van der Waals surface area contributed by atoms with Gasteiger partial charge in [-0.2, -0.15) is 0 Å². The van der Waals surface area contributed by atoms with Crippen LogP contribution in [0, 0.1) is 0 Å². The Morgan fingerprint density at radius 1 is 0.418 bits per heavy atom. The van der Waals surface area contributed by atoms with Gasteiger partial charge in [0.2, 0.25) is 0 Å². The molecule has 0 bridgehead atoms. The highest BCUT2D eigenvalue weighted by Gasteiger charge is 2.39. The molecule has 4 nitrogen and oxygen atoms in total. The molecule has 0 atom stereocenters. The van der Waals surface area contributed by atoms with Crippen LogP contribution in [-0.4, -0.2) is 19.1 Å². The Morgan fingerprint density at radius 3 is 1.93 bits per heavy atom. The molecule has 4 heteroatoms. The van der Waals surface area contributed by atoms with Crippen molar-refractivity contribution in [3.63, 3.8) is 0 Å². The molecule has 11 aromatic rings. The molecular formula is C51H34N4. The van der Waals surface area contributed by atoms with Gasteiger partial charge in [-0.25, -0.2) is 9.97 Å². The molecule has 0 N–H and O–H groups in total. The minimum Gasteiger partial charge on any atom is -0.309 e. The van der Waals surface area contributed by atoms with Crippen molar-refractivity contribution in [2.24, 2.45) is 0 Å². The summed E-state index contributed by atoms with van der Waals surface area (Å²) in [5, 5.41) is 9.65. The molecule has 3 heterocycles. The van der Waals surface area contributed by atoms with Crippen molar-refractivity contribution < 1.29 is 0 Å². The summed E-state index contributed by atoms with van der Waals surface area (Å²) in [6, 6.07) is 61.5. The van der Waals surface area contributed by atoms with Crippen molar-refractivity contribution in [2.45, 2.75) is 19.3 Å². The molecule has 8 aromatic carbocycles. The average Bonchev–Trinajstić information content (AvgIpc) is 3.82. The van der Waals surface area contributed by atoms with Gasteiger partial charge in [-0.1, -0.05) is 141 Å². The van der Waals surface area contributed by atoms with Crippen LogP contribution >= 0.6 is 0 Å². The quantitative estimate of drug-likeness (QED) is 0.184. The first-order valence-corrected chi connectivity index (χ1v) is 19.0. The van der Waals surface area contributed by atoms with Gasteiger partial charge < -0.3 is 4.57 Å². The first-order valence-electron chi connectivity index (χ1n) is 19.0. The second kappa shape index (κ2) is 11.0. The van der Waals surface area contributed by atoms with Gasteiger partial charge in [-0.3, -0.25) is 4.57 Å². The maximum atomic E-state index is 5.83. The molecule has 0 amide bonds. The molecule has 1 aliphatic rings. The Bertz CT molecular complexity index is 3400.